The van der Waals surface area contributed by atoms with Gasteiger partial charge in [0, 0.05) is 36.9 Å². The summed E-state index contributed by atoms with van der Waals surface area (Å²) < 4.78 is 13.2. The molecule has 1 amide bonds. The van der Waals surface area contributed by atoms with E-state index in [-0.39, 0.29) is 29.7 Å². The summed E-state index contributed by atoms with van der Waals surface area (Å²) in [6.07, 6.45) is 11.0. The minimum atomic E-state index is -0.263. The minimum absolute atomic E-state index is 0.104. The van der Waals surface area contributed by atoms with Gasteiger partial charge in [0.2, 0.25) is 11.8 Å². The van der Waals surface area contributed by atoms with Crippen molar-refractivity contribution in [2.75, 3.05) is 45.2 Å². The molecule has 47 heavy (non-hydrogen) atoms. The number of hydrogen-bond acceptors (Lipinski definition) is 10. The Bertz CT molecular complexity index is 1610. The highest BCUT2D eigenvalue weighted by Gasteiger charge is 2.30. The van der Waals surface area contributed by atoms with Crippen LogP contribution in [0.4, 0.5) is 11.5 Å². The summed E-state index contributed by atoms with van der Waals surface area (Å²) in [5.41, 5.74) is 8.88. The number of rotatable bonds is 8. The number of carbonyl (C=O) groups is 1. The number of carbonyl (C=O) groups excluding carboxylic acids is 1. The number of pyridine rings is 1. The molecule has 3 aliphatic heterocycles. The van der Waals surface area contributed by atoms with Gasteiger partial charge in [-0.25, -0.2) is 9.78 Å². The summed E-state index contributed by atoms with van der Waals surface area (Å²) in [5, 5.41) is 6.78. The highest BCUT2D eigenvalue weighted by atomic mass is 16.5. The number of nitrogens with two attached hydrogens (primary N) is 1. The van der Waals surface area contributed by atoms with Gasteiger partial charge >= 0.3 is 5.69 Å². The second-order valence-corrected chi connectivity index (χ2v) is 13.5. The van der Waals surface area contributed by atoms with Crippen molar-refractivity contribution >= 4 is 17.4 Å². The molecule has 1 aliphatic carbocycles. The first kappa shape index (κ1) is 31.6. The molecule has 3 aromatic rings. The van der Waals surface area contributed by atoms with Gasteiger partial charge in [0.15, 0.2) is 17.3 Å². The zero-order valence-corrected chi connectivity index (χ0v) is 27.2. The zero-order chi connectivity index (χ0) is 32.3. The molecule has 0 unspecified atom stereocenters. The van der Waals surface area contributed by atoms with Gasteiger partial charge in [0.05, 0.1) is 25.5 Å². The quantitative estimate of drug-likeness (QED) is 0.259. The van der Waals surface area contributed by atoms with Crippen LogP contribution in [0, 0.1) is 0 Å². The molecule has 12 heteroatoms. The van der Waals surface area contributed by atoms with Crippen molar-refractivity contribution in [1.29, 1.82) is 0 Å². The number of piperidine rings is 2. The van der Waals surface area contributed by atoms with E-state index < -0.39 is 0 Å². The Kier molecular flexibility index (Phi) is 9.41. The predicted molar refractivity (Wildman–Crippen MR) is 179 cm³/mol. The van der Waals surface area contributed by atoms with Crippen molar-refractivity contribution in [3.63, 3.8) is 0 Å². The second kappa shape index (κ2) is 14.0. The van der Waals surface area contributed by atoms with Crippen LogP contribution >= 0.6 is 0 Å². The molecular weight excluding hydrogens is 596 g/mol. The number of hydrogen-bond donors (Lipinski definition) is 3. The normalized spacial score (nSPS) is 22.0. The van der Waals surface area contributed by atoms with Crippen LogP contribution in [0.2, 0.25) is 0 Å². The third-order valence-corrected chi connectivity index (χ3v) is 10.4. The Balaban J connectivity index is 0.969. The lowest BCUT2D eigenvalue weighted by atomic mass is 9.89. The Morgan fingerprint density at radius 1 is 1.04 bits per heavy atom. The van der Waals surface area contributed by atoms with Crippen LogP contribution in [0.3, 0.4) is 0 Å². The number of amides is 1. The van der Waals surface area contributed by atoms with Crippen LogP contribution < -0.4 is 31.5 Å². The van der Waals surface area contributed by atoms with E-state index in [1.807, 2.05) is 24.4 Å². The van der Waals surface area contributed by atoms with E-state index >= 15 is 0 Å². The number of anilines is 2. The number of nitrogens with one attached hydrogen (secondary N) is 2. The fraction of sp³-hybridized carbons (Fsp3) is 0.543. The van der Waals surface area contributed by atoms with E-state index in [1.165, 1.54) is 5.56 Å². The van der Waals surface area contributed by atoms with Crippen molar-refractivity contribution in [3.05, 3.63) is 64.3 Å². The Labute approximate surface area is 275 Å². The van der Waals surface area contributed by atoms with Gasteiger partial charge in [-0.3, -0.25) is 14.3 Å². The molecule has 1 saturated carbocycles. The minimum Gasteiger partial charge on any atom is -0.481 e. The molecule has 0 spiro atoms. The fourth-order valence-electron chi connectivity index (χ4n) is 7.56. The van der Waals surface area contributed by atoms with E-state index in [2.05, 4.69) is 42.5 Å². The third-order valence-electron chi connectivity index (χ3n) is 10.4. The maximum atomic E-state index is 13.8. The summed E-state index contributed by atoms with van der Waals surface area (Å²) >= 11 is 0. The predicted octanol–water partition coefficient (Wildman–Crippen LogP) is 3.90. The number of benzene rings is 1. The molecule has 12 nitrogen and oxygen atoms in total. The van der Waals surface area contributed by atoms with Crippen LogP contribution in [0.25, 0.3) is 0 Å². The molecule has 0 radical (unpaired) electrons. The van der Waals surface area contributed by atoms with Crippen LogP contribution in [0.1, 0.15) is 74.5 Å². The van der Waals surface area contributed by atoms with Crippen molar-refractivity contribution in [1.82, 2.24) is 29.7 Å². The van der Waals surface area contributed by atoms with Crippen LogP contribution in [-0.2, 0) is 11.3 Å². The van der Waals surface area contributed by atoms with Crippen molar-refractivity contribution in [2.45, 2.75) is 82.0 Å². The monoisotopic (exact) mass is 642 g/mol. The SMILES string of the molecule is COc1ccc(CN(C(=O)CN2CCC(c3ccc4c(c3)Nc3nc(=O)n(C5CCC(N)CC5)cc3O4)CC2)C2CCNCC2)cn1. The molecule has 2 saturated heterocycles. The summed E-state index contributed by atoms with van der Waals surface area (Å²) in [5.74, 6) is 2.88. The van der Waals surface area contributed by atoms with Crippen LogP contribution in [0.15, 0.2) is 47.5 Å². The average Bonchev–Trinajstić information content (AvgIpc) is 3.10. The van der Waals surface area contributed by atoms with Crippen LogP contribution in [-0.4, -0.2) is 82.2 Å². The first-order chi connectivity index (χ1) is 22.9. The molecule has 0 bridgehead atoms. The number of nitrogens with zero attached hydrogens (tertiary/aromatic N) is 5. The van der Waals surface area contributed by atoms with E-state index in [4.69, 9.17) is 15.2 Å². The number of aromatic nitrogens is 3. The maximum absolute atomic E-state index is 13.8. The average molecular weight is 643 g/mol. The molecule has 2 aromatic heterocycles. The van der Waals surface area contributed by atoms with Gasteiger partial charge in [-0.1, -0.05) is 12.1 Å². The van der Waals surface area contributed by atoms with Gasteiger partial charge in [0.25, 0.3) is 0 Å². The van der Waals surface area contributed by atoms with Crippen LogP contribution in [0.5, 0.6) is 17.4 Å². The fourth-order valence-corrected chi connectivity index (χ4v) is 7.56. The van der Waals surface area contributed by atoms with Crippen molar-refractivity contribution in [3.8, 4) is 17.4 Å². The molecule has 5 heterocycles. The maximum Gasteiger partial charge on any atom is 0.350 e. The van der Waals surface area contributed by atoms with Gasteiger partial charge in [0.1, 0.15) is 0 Å². The number of ether oxygens (including phenoxy) is 2. The summed E-state index contributed by atoms with van der Waals surface area (Å²) in [6.45, 7) is 4.55. The third kappa shape index (κ3) is 7.14. The lowest BCUT2D eigenvalue weighted by Crippen LogP contribution is -2.49. The van der Waals surface area contributed by atoms with Crippen molar-refractivity contribution in [2.24, 2.45) is 5.73 Å². The zero-order valence-electron chi connectivity index (χ0n) is 27.2. The molecule has 7 rings (SSSR count). The molecule has 0 atom stereocenters. The molecule has 250 valence electrons. The van der Waals surface area contributed by atoms with E-state index in [0.717, 1.165) is 94.5 Å². The van der Waals surface area contributed by atoms with E-state index in [1.54, 1.807) is 17.9 Å². The van der Waals surface area contributed by atoms with Gasteiger partial charge in [-0.2, -0.15) is 4.98 Å². The largest absolute Gasteiger partial charge is 0.481 e. The summed E-state index contributed by atoms with van der Waals surface area (Å²) in [7, 11) is 1.61. The standard InChI is InChI=1S/C35H46N8O4/c1-46-32-9-2-23(19-38-32)20-42(28-10-14-37-15-11-28)33(44)22-41-16-12-24(13-17-41)25-3-8-30-29(18-25)39-34-31(47-30)21-43(35(45)40-34)27-6-4-26(36)5-7-27/h2-3,8-9,18-19,21,24,26-28,37H,4-7,10-17,20,22,36H2,1H3,(H,39,40,45). The lowest BCUT2D eigenvalue weighted by molar-refractivity contribution is -0.136. The summed E-state index contributed by atoms with van der Waals surface area (Å²) in [6, 6.07) is 10.7. The second-order valence-electron chi connectivity index (χ2n) is 13.5. The summed E-state index contributed by atoms with van der Waals surface area (Å²) in [4.78, 5) is 39.8. The topological polar surface area (TPSA) is 140 Å². The number of likely N-dealkylation sites (tertiary alicyclic amines) is 1. The smallest absolute Gasteiger partial charge is 0.350 e. The molecule has 4 aliphatic rings. The Morgan fingerprint density at radius 3 is 2.55 bits per heavy atom. The molecule has 1 aromatic carbocycles. The highest BCUT2D eigenvalue weighted by Crippen LogP contribution is 2.43. The number of fused-ring (bicyclic) bond motifs is 2. The number of methoxy groups -OCH3 is 1. The van der Waals surface area contributed by atoms with Gasteiger partial charge in [-0.15, -0.1) is 0 Å². The molecule has 3 fully saturated rings. The van der Waals surface area contributed by atoms with E-state index in [0.29, 0.717) is 36.5 Å². The lowest BCUT2D eigenvalue weighted by Gasteiger charge is -2.38. The Morgan fingerprint density at radius 2 is 1.83 bits per heavy atom. The molecule has 4 N–H and O–H groups in total. The molecular formula is C35H46N8O4. The first-order valence-corrected chi connectivity index (χ1v) is 17.1. The Hall–Kier alpha value is -4.00. The first-order valence-electron chi connectivity index (χ1n) is 17.1. The van der Waals surface area contributed by atoms with E-state index in [9.17, 15) is 9.59 Å². The van der Waals surface area contributed by atoms with Gasteiger partial charge in [-0.05, 0) is 107 Å². The van der Waals surface area contributed by atoms with Crippen molar-refractivity contribution < 1.29 is 14.3 Å². The highest BCUT2D eigenvalue weighted by molar-refractivity contribution is 5.78. The van der Waals surface area contributed by atoms with Gasteiger partial charge < -0.3 is 30.7 Å².